The van der Waals surface area contributed by atoms with Crippen molar-refractivity contribution in [1.29, 1.82) is 0 Å². The van der Waals surface area contributed by atoms with Crippen molar-refractivity contribution in [1.82, 2.24) is 4.90 Å². The van der Waals surface area contributed by atoms with Crippen molar-refractivity contribution >= 4 is 5.97 Å². The number of rotatable bonds is 4. The van der Waals surface area contributed by atoms with Crippen LogP contribution in [-0.4, -0.2) is 42.2 Å². The molecule has 0 bridgehead atoms. The molecular formula is C9H18N2O2. The topological polar surface area (TPSA) is 66.6 Å². The van der Waals surface area contributed by atoms with Crippen LogP contribution in [-0.2, 0) is 4.79 Å². The normalized spacial score (nSPS) is 20.4. The number of hydrogen-bond donors (Lipinski definition) is 2. The molecule has 1 fully saturated rings. The van der Waals surface area contributed by atoms with Crippen LogP contribution in [0.2, 0.25) is 0 Å². The Morgan fingerprint density at radius 1 is 1.46 bits per heavy atom. The monoisotopic (exact) mass is 186 g/mol. The van der Waals surface area contributed by atoms with Crippen LogP contribution in [0.1, 0.15) is 19.3 Å². The number of nitrogens with zero attached hydrogens (tertiary/aromatic N) is 1. The van der Waals surface area contributed by atoms with E-state index in [9.17, 15) is 4.79 Å². The Bertz CT molecular complexity index is 165. The molecule has 1 rings (SSSR count). The van der Waals surface area contributed by atoms with E-state index in [4.69, 9.17) is 10.8 Å². The van der Waals surface area contributed by atoms with Crippen LogP contribution < -0.4 is 5.73 Å². The van der Waals surface area contributed by atoms with E-state index in [0.717, 1.165) is 45.4 Å². The van der Waals surface area contributed by atoms with Crippen molar-refractivity contribution < 1.29 is 9.90 Å². The summed E-state index contributed by atoms with van der Waals surface area (Å²) < 4.78 is 0. The first kappa shape index (κ1) is 10.5. The first-order valence-corrected chi connectivity index (χ1v) is 4.89. The van der Waals surface area contributed by atoms with E-state index in [1.54, 1.807) is 0 Å². The lowest BCUT2D eigenvalue weighted by molar-refractivity contribution is -0.143. The third-order valence-corrected chi connectivity index (χ3v) is 2.62. The lowest BCUT2D eigenvalue weighted by Gasteiger charge is -2.29. The summed E-state index contributed by atoms with van der Waals surface area (Å²) in [7, 11) is 0. The van der Waals surface area contributed by atoms with Gasteiger partial charge in [-0.3, -0.25) is 4.79 Å². The van der Waals surface area contributed by atoms with Gasteiger partial charge in [0.15, 0.2) is 0 Å². The molecule has 0 aliphatic carbocycles. The third kappa shape index (κ3) is 3.32. The summed E-state index contributed by atoms with van der Waals surface area (Å²) in [6.07, 6.45) is 2.59. The number of hydrogen-bond acceptors (Lipinski definition) is 3. The molecule has 0 radical (unpaired) electrons. The highest BCUT2D eigenvalue weighted by Gasteiger charge is 2.23. The molecule has 0 aromatic carbocycles. The number of aliphatic carboxylic acids is 1. The van der Waals surface area contributed by atoms with E-state index in [1.165, 1.54) is 0 Å². The maximum atomic E-state index is 10.6. The van der Waals surface area contributed by atoms with Crippen molar-refractivity contribution in [3.63, 3.8) is 0 Å². The molecule has 0 atom stereocenters. The highest BCUT2D eigenvalue weighted by molar-refractivity contribution is 5.70. The molecule has 3 N–H and O–H groups in total. The molecule has 1 aliphatic rings. The van der Waals surface area contributed by atoms with Crippen LogP contribution in [0.3, 0.4) is 0 Å². The number of carboxylic acid groups (broad SMARTS) is 1. The zero-order valence-corrected chi connectivity index (χ0v) is 7.91. The molecule has 0 spiro atoms. The van der Waals surface area contributed by atoms with Crippen LogP contribution in [0, 0.1) is 5.92 Å². The fraction of sp³-hybridized carbons (Fsp3) is 0.889. The van der Waals surface area contributed by atoms with Gasteiger partial charge in [-0.2, -0.15) is 0 Å². The summed E-state index contributed by atoms with van der Waals surface area (Å²) in [6.45, 7) is 3.57. The van der Waals surface area contributed by atoms with Crippen LogP contribution in [0.15, 0.2) is 0 Å². The van der Waals surface area contributed by atoms with Gasteiger partial charge in [0.05, 0.1) is 5.92 Å². The lowest BCUT2D eigenvalue weighted by Crippen LogP contribution is -2.37. The van der Waals surface area contributed by atoms with Gasteiger partial charge < -0.3 is 15.7 Å². The fourth-order valence-corrected chi connectivity index (χ4v) is 1.72. The van der Waals surface area contributed by atoms with Gasteiger partial charge >= 0.3 is 5.97 Å². The number of carbonyl (C=O) groups is 1. The summed E-state index contributed by atoms with van der Waals surface area (Å²) in [4.78, 5) is 12.9. The number of likely N-dealkylation sites (tertiary alicyclic amines) is 1. The third-order valence-electron chi connectivity index (χ3n) is 2.62. The highest BCUT2D eigenvalue weighted by Crippen LogP contribution is 2.16. The molecule has 0 amide bonds. The van der Waals surface area contributed by atoms with Gasteiger partial charge in [0.25, 0.3) is 0 Å². The molecule has 4 heteroatoms. The molecular weight excluding hydrogens is 168 g/mol. The summed E-state index contributed by atoms with van der Waals surface area (Å²) in [5.41, 5.74) is 5.40. The zero-order valence-electron chi connectivity index (χ0n) is 7.91. The van der Waals surface area contributed by atoms with Crippen LogP contribution >= 0.6 is 0 Å². The van der Waals surface area contributed by atoms with E-state index in [0.29, 0.717) is 0 Å². The van der Waals surface area contributed by atoms with Gasteiger partial charge in [-0.15, -0.1) is 0 Å². The summed E-state index contributed by atoms with van der Waals surface area (Å²) in [5.74, 6) is -0.757. The van der Waals surface area contributed by atoms with Gasteiger partial charge in [0.1, 0.15) is 0 Å². The Kier molecular flexibility index (Phi) is 4.18. The average molecular weight is 186 g/mol. The minimum atomic E-state index is -0.640. The fourth-order valence-electron chi connectivity index (χ4n) is 1.72. The van der Waals surface area contributed by atoms with E-state index >= 15 is 0 Å². The summed E-state index contributed by atoms with van der Waals surface area (Å²) in [6, 6.07) is 0. The lowest BCUT2D eigenvalue weighted by atomic mass is 9.97. The van der Waals surface area contributed by atoms with E-state index in [1.807, 2.05) is 0 Å². The molecule has 1 heterocycles. The summed E-state index contributed by atoms with van der Waals surface area (Å²) >= 11 is 0. The van der Waals surface area contributed by atoms with Crippen LogP contribution in [0.5, 0.6) is 0 Å². The Morgan fingerprint density at radius 2 is 2.08 bits per heavy atom. The molecule has 1 saturated heterocycles. The Labute approximate surface area is 78.7 Å². The van der Waals surface area contributed by atoms with Crippen molar-refractivity contribution in [3.05, 3.63) is 0 Å². The SMILES string of the molecule is NCCCN1CCC(C(=O)O)CC1. The predicted octanol–water partition coefficient (Wildman–Crippen LogP) is 0.132. The van der Waals surface area contributed by atoms with Crippen molar-refractivity contribution in [2.75, 3.05) is 26.2 Å². The molecule has 1 aliphatic heterocycles. The van der Waals surface area contributed by atoms with E-state index < -0.39 is 5.97 Å². The Morgan fingerprint density at radius 3 is 2.54 bits per heavy atom. The van der Waals surface area contributed by atoms with E-state index in [-0.39, 0.29) is 5.92 Å². The molecule has 4 nitrogen and oxygen atoms in total. The van der Waals surface area contributed by atoms with Gasteiger partial charge in [-0.25, -0.2) is 0 Å². The molecule has 0 unspecified atom stereocenters. The van der Waals surface area contributed by atoms with Gasteiger partial charge in [-0.1, -0.05) is 0 Å². The maximum absolute atomic E-state index is 10.6. The second-order valence-corrected chi connectivity index (χ2v) is 3.60. The van der Waals surface area contributed by atoms with Gasteiger partial charge in [-0.05, 0) is 45.4 Å². The minimum Gasteiger partial charge on any atom is -0.481 e. The first-order chi connectivity index (χ1) is 6.24. The van der Waals surface area contributed by atoms with E-state index in [2.05, 4.69) is 4.90 Å². The smallest absolute Gasteiger partial charge is 0.306 e. The number of nitrogens with two attached hydrogens (primary N) is 1. The first-order valence-electron chi connectivity index (χ1n) is 4.89. The summed E-state index contributed by atoms with van der Waals surface area (Å²) in [5, 5.41) is 8.76. The quantitative estimate of drug-likeness (QED) is 0.655. The maximum Gasteiger partial charge on any atom is 0.306 e. The molecule has 76 valence electrons. The zero-order chi connectivity index (χ0) is 9.68. The van der Waals surface area contributed by atoms with Gasteiger partial charge in [0.2, 0.25) is 0 Å². The number of carboxylic acids is 1. The Balaban J connectivity index is 2.18. The average Bonchev–Trinajstić information content (AvgIpc) is 2.15. The number of piperidine rings is 1. The van der Waals surface area contributed by atoms with Crippen molar-refractivity contribution in [2.24, 2.45) is 11.7 Å². The van der Waals surface area contributed by atoms with Crippen molar-refractivity contribution in [3.8, 4) is 0 Å². The second-order valence-electron chi connectivity index (χ2n) is 3.60. The predicted molar refractivity (Wildman–Crippen MR) is 50.5 cm³/mol. The highest BCUT2D eigenvalue weighted by atomic mass is 16.4. The largest absolute Gasteiger partial charge is 0.481 e. The minimum absolute atomic E-state index is 0.117. The molecule has 0 saturated carbocycles. The van der Waals surface area contributed by atoms with Gasteiger partial charge in [0, 0.05) is 0 Å². The standard InChI is InChI=1S/C9H18N2O2/c10-4-1-5-11-6-2-8(3-7-11)9(12)13/h8H,1-7,10H2,(H,12,13). The van der Waals surface area contributed by atoms with Crippen molar-refractivity contribution in [2.45, 2.75) is 19.3 Å². The van der Waals surface area contributed by atoms with Crippen LogP contribution in [0.25, 0.3) is 0 Å². The van der Waals surface area contributed by atoms with Crippen LogP contribution in [0.4, 0.5) is 0 Å². The molecule has 13 heavy (non-hydrogen) atoms. The molecule has 0 aromatic heterocycles. The second kappa shape index (κ2) is 5.19. The molecule has 0 aromatic rings. The Hall–Kier alpha value is -0.610.